The van der Waals surface area contributed by atoms with E-state index in [4.69, 9.17) is 10.00 Å². The second-order valence-electron chi connectivity index (χ2n) is 3.26. The molecule has 0 fully saturated rings. The van der Waals surface area contributed by atoms with Gasteiger partial charge in [0.25, 0.3) is 0 Å². The Morgan fingerprint density at radius 3 is 2.30 bits per heavy atom. The van der Waals surface area contributed by atoms with Crippen molar-refractivity contribution in [3.8, 4) is 11.8 Å². The number of aromatic nitrogens is 1. The normalized spacial score (nSPS) is 8.15. The molecule has 106 valence electrons. The van der Waals surface area contributed by atoms with E-state index in [1.54, 1.807) is 18.3 Å². The van der Waals surface area contributed by atoms with Crippen molar-refractivity contribution in [3.05, 3.63) is 59.9 Å². The van der Waals surface area contributed by atoms with Crippen molar-refractivity contribution < 1.29 is 4.74 Å². The van der Waals surface area contributed by atoms with E-state index in [1.807, 2.05) is 64.1 Å². The number of hydrogen-bond donors (Lipinski definition) is 0. The highest BCUT2D eigenvalue weighted by Gasteiger charge is 1.97. The third-order valence-corrected chi connectivity index (χ3v) is 2.09. The molecule has 0 radical (unpaired) electrons. The molecule has 0 aliphatic heterocycles. The summed E-state index contributed by atoms with van der Waals surface area (Å²) in [6, 6.07) is 15.2. The van der Waals surface area contributed by atoms with Crippen LogP contribution in [-0.4, -0.2) is 4.98 Å². The minimum Gasteiger partial charge on any atom is -0.489 e. The summed E-state index contributed by atoms with van der Waals surface area (Å²) in [4.78, 5) is 3.87. The molecule has 2 rings (SSSR count). The van der Waals surface area contributed by atoms with Crippen LogP contribution in [0.3, 0.4) is 0 Å². The Morgan fingerprint density at radius 1 is 1.05 bits per heavy atom. The van der Waals surface area contributed by atoms with Crippen LogP contribution in [0, 0.1) is 11.3 Å². The Labute approximate surface area is 121 Å². The highest BCUT2D eigenvalue weighted by atomic mass is 16.5. The zero-order valence-corrected chi connectivity index (χ0v) is 12.6. The average Bonchev–Trinajstić information content (AvgIpc) is 2.58. The number of rotatable bonds is 3. The van der Waals surface area contributed by atoms with Gasteiger partial charge in [-0.3, -0.25) is 0 Å². The maximum absolute atomic E-state index is 8.68. The molecule has 0 amide bonds. The Bertz CT molecular complexity index is 504. The van der Waals surface area contributed by atoms with E-state index in [1.165, 1.54) is 0 Å². The number of hydrogen-bond acceptors (Lipinski definition) is 3. The van der Waals surface area contributed by atoms with Gasteiger partial charge < -0.3 is 4.74 Å². The molecule has 0 atom stereocenters. The molecule has 2 aromatic rings. The van der Waals surface area contributed by atoms with Crippen LogP contribution in [0.1, 0.15) is 39.0 Å². The second kappa shape index (κ2) is 11.7. The summed E-state index contributed by atoms with van der Waals surface area (Å²) in [6.07, 6.45) is 1.57. The van der Waals surface area contributed by atoms with E-state index in [0.717, 1.165) is 5.56 Å². The van der Waals surface area contributed by atoms with Crippen LogP contribution in [0.15, 0.2) is 48.7 Å². The van der Waals surface area contributed by atoms with E-state index >= 15 is 0 Å². The summed E-state index contributed by atoms with van der Waals surface area (Å²) in [5, 5.41) is 8.68. The Hall–Kier alpha value is -2.34. The minimum atomic E-state index is 0.366. The van der Waals surface area contributed by atoms with Crippen molar-refractivity contribution in [2.45, 2.75) is 34.3 Å². The molecule has 1 aromatic heterocycles. The molecular formula is C17H22N2O. The SMILES string of the molecule is CC.CC.N#Cc1cc(OCc2ccccc2)ccn1. The first-order chi connectivity index (χ1) is 9.88. The first kappa shape index (κ1) is 17.7. The first-order valence-electron chi connectivity index (χ1n) is 6.91. The fourth-order valence-electron chi connectivity index (χ4n) is 1.30. The van der Waals surface area contributed by atoms with Gasteiger partial charge in [-0.1, -0.05) is 58.0 Å². The lowest BCUT2D eigenvalue weighted by molar-refractivity contribution is 0.306. The molecule has 20 heavy (non-hydrogen) atoms. The number of benzene rings is 1. The molecule has 0 saturated heterocycles. The van der Waals surface area contributed by atoms with Crippen LogP contribution in [-0.2, 0) is 6.61 Å². The van der Waals surface area contributed by atoms with Gasteiger partial charge in [0.15, 0.2) is 0 Å². The van der Waals surface area contributed by atoms with Crippen molar-refractivity contribution in [1.29, 1.82) is 5.26 Å². The predicted molar refractivity (Wildman–Crippen MR) is 82.4 cm³/mol. The molecule has 3 nitrogen and oxygen atoms in total. The fraction of sp³-hybridized carbons (Fsp3) is 0.294. The van der Waals surface area contributed by atoms with Gasteiger partial charge in [-0.25, -0.2) is 4.98 Å². The van der Waals surface area contributed by atoms with Crippen LogP contribution < -0.4 is 4.74 Å². The molecule has 0 N–H and O–H groups in total. The Morgan fingerprint density at radius 2 is 1.70 bits per heavy atom. The molecule has 1 aromatic carbocycles. The number of nitrogens with zero attached hydrogens (tertiary/aromatic N) is 2. The molecule has 0 spiro atoms. The fourth-order valence-corrected chi connectivity index (χ4v) is 1.30. The zero-order valence-electron chi connectivity index (χ0n) is 12.6. The maximum atomic E-state index is 8.68. The van der Waals surface area contributed by atoms with E-state index in [9.17, 15) is 0 Å². The second-order valence-corrected chi connectivity index (χ2v) is 3.26. The molecule has 3 heteroatoms. The van der Waals surface area contributed by atoms with Gasteiger partial charge in [-0.2, -0.15) is 5.26 Å². The summed E-state index contributed by atoms with van der Waals surface area (Å²) >= 11 is 0. The third-order valence-electron chi connectivity index (χ3n) is 2.09. The highest BCUT2D eigenvalue weighted by molar-refractivity contribution is 5.30. The Kier molecular flexibility index (Phi) is 10.4. The third kappa shape index (κ3) is 6.55. The molecule has 0 unspecified atom stereocenters. The van der Waals surface area contributed by atoms with Gasteiger partial charge in [0.05, 0.1) is 0 Å². The van der Waals surface area contributed by atoms with Crippen molar-refractivity contribution in [1.82, 2.24) is 4.98 Å². The summed E-state index contributed by atoms with van der Waals surface area (Å²) < 4.78 is 5.54. The Balaban J connectivity index is 0.000000829. The van der Waals surface area contributed by atoms with Crippen LogP contribution >= 0.6 is 0 Å². The zero-order chi connectivity index (χ0) is 15.2. The van der Waals surface area contributed by atoms with E-state index in [0.29, 0.717) is 18.1 Å². The monoisotopic (exact) mass is 270 g/mol. The van der Waals surface area contributed by atoms with Crippen LogP contribution in [0.5, 0.6) is 5.75 Å². The molecule has 1 heterocycles. The smallest absolute Gasteiger partial charge is 0.144 e. The summed E-state index contributed by atoms with van der Waals surface area (Å²) in [7, 11) is 0. The average molecular weight is 270 g/mol. The van der Waals surface area contributed by atoms with Gasteiger partial charge in [-0.05, 0) is 11.6 Å². The standard InChI is InChI=1S/C13H10N2O.2C2H6/c14-9-12-8-13(6-7-15-12)16-10-11-4-2-1-3-5-11;2*1-2/h1-8H,10H2;2*1-2H3. The molecule has 0 bridgehead atoms. The van der Waals surface area contributed by atoms with Crippen LogP contribution in [0.4, 0.5) is 0 Å². The largest absolute Gasteiger partial charge is 0.489 e. The van der Waals surface area contributed by atoms with Crippen LogP contribution in [0.2, 0.25) is 0 Å². The predicted octanol–water partition coefficient (Wildman–Crippen LogP) is 4.58. The van der Waals surface area contributed by atoms with Gasteiger partial charge in [0.2, 0.25) is 0 Å². The van der Waals surface area contributed by atoms with Crippen LogP contribution in [0.25, 0.3) is 0 Å². The molecular weight excluding hydrogens is 248 g/mol. The lowest BCUT2D eigenvalue weighted by Gasteiger charge is -2.05. The van der Waals surface area contributed by atoms with Gasteiger partial charge in [-0.15, -0.1) is 0 Å². The molecule has 0 aliphatic rings. The number of pyridine rings is 1. The molecule has 0 aliphatic carbocycles. The lowest BCUT2D eigenvalue weighted by Crippen LogP contribution is -1.95. The van der Waals surface area contributed by atoms with Crippen molar-refractivity contribution >= 4 is 0 Å². The number of nitriles is 1. The highest BCUT2D eigenvalue weighted by Crippen LogP contribution is 2.12. The molecule has 0 saturated carbocycles. The van der Waals surface area contributed by atoms with Crippen molar-refractivity contribution in [2.75, 3.05) is 0 Å². The maximum Gasteiger partial charge on any atom is 0.144 e. The lowest BCUT2D eigenvalue weighted by atomic mass is 10.2. The summed E-state index contributed by atoms with van der Waals surface area (Å²) in [5.41, 5.74) is 1.46. The van der Waals surface area contributed by atoms with E-state index < -0.39 is 0 Å². The first-order valence-corrected chi connectivity index (χ1v) is 6.91. The van der Waals surface area contributed by atoms with Crippen molar-refractivity contribution in [2.24, 2.45) is 0 Å². The van der Waals surface area contributed by atoms with E-state index in [2.05, 4.69) is 4.98 Å². The topological polar surface area (TPSA) is 45.9 Å². The van der Waals surface area contributed by atoms with Gasteiger partial charge in [0, 0.05) is 12.3 Å². The van der Waals surface area contributed by atoms with Crippen molar-refractivity contribution in [3.63, 3.8) is 0 Å². The summed E-state index contributed by atoms with van der Waals surface area (Å²) in [5.74, 6) is 0.662. The quantitative estimate of drug-likeness (QED) is 0.819. The number of ether oxygens (including phenoxy) is 1. The minimum absolute atomic E-state index is 0.366. The van der Waals surface area contributed by atoms with E-state index in [-0.39, 0.29) is 0 Å². The van der Waals surface area contributed by atoms with Gasteiger partial charge >= 0.3 is 0 Å². The summed E-state index contributed by atoms with van der Waals surface area (Å²) in [6.45, 7) is 8.50. The van der Waals surface area contributed by atoms with Gasteiger partial charge in [0.1, 0.15) is 24.1 Å².